The molecule has 8 heteroatoms. The van der Waals surface area contributed by atoms with Crippen LogP contribution in [0.4, 0.5) is 0 Å². The van der Waals surface area contributed by atoms with E-state index in [1.807, 2.05) is 49.9 Å². The van der Waals surface area contributed by atoms with Crippen molar-refractivity contribution in [3.63, 3.8) is 0 Å². The number of ketones is 1. The lowest BCUT2D eigenvalue weighted by Gasteiger charge is -2.71. The number of esters is 1. The number of methoxy groups -OCH3 is 1. The van der Waals surface area contributed by atoms with Crippen molar-refractivity contribution in [2.45, 2.75) is 143 Å². The highest BCUT2D eigenvalue weighted by Crippen LogP contribution is 2.79. The van der Waals surface area contributed by atoms with Crippen LogP contribution in [0.15, 0.2) is 48.1 Å². The Bertz CT molecular complexity index is 2030. The summed E-state index contributed by atoms with van der Waals surface area (Å²) in [6.07, 6.45) is 16.2. The molecule has 13 atom stereocenters. The molecule has 0 radical (unpaired) electrons. The first kappa shape index (κ1) is 39.2. The van der Waals surface area contributed by atoms with Gasteiger partial charge >= 0.3 is 5.97 Å². The minimum Gasteiger partial charge on any atom is -0.497 e. The maximum atomic E-state index is 15.5. The molecule has 2 N–H and O–H groups in total. The highest BCUT2D eigenvalue weighted by Gasteiger charge is 2.78. The second-order valence-electron chi connectivity index (χ2n) is 22.9. The Kier molecular flexibility index (Phi) is 8.03. The Morgan fingerprint density at radius 3 is 2.19 bits per heavy atom. The maximum Gasteiger partial charge on any atom is 0.313 e. The number of benzene rings is 1. The van der Waals surface area contributed by atoms with E-state index in [9.17, 15) is 15.0 Å². The van der Waals surface area contributed by atoms with Crippen molar-refractivity contribution in [1.29, 1.82) is 0 Å². The fourth-order valence-corrected chi connectivity index (χ4v) is 16.5. The fraction of sp³-hybridized carbons (Fsp3) is 0.740. The van der Waals surface area contributed by atoms with E-state index >= 15 is 9.59 Å². The number of allylic oxidation sites excluding steroid dienone is 4. The fourth-order valence-electron chi connectivity index (χ4n) is 16.5. The Morgan fingerprint density at radius 2 is 1.55 bits per heavy atom. The third kappa shape index (κ3) is 4.43. The van der Waals surface area contributed by atoms with Crippen LogP contribution in [0, 0.1) is 67.5 Å². The van der Waals surface area contributed by atoms with Gasteiger partial charge in [-0.1, -0.05) is 59.8 Å². The Morgan fingerprint density at radius 1 is 0.862 bits per heavy atom. The number of amides is 1. The predicted molar refractivity (Wildman–Crippen MR) is 221 cm³/mol. The van der Waals surface area contributed by atoms with E-state index in [1.54, 1.807) is 7.11 Å². The summed E-state index contributed by atoms with van der Waals surface area (Å²) in [4.78, 5) is 46.2. The number of carbonyl (C=O) groups excluding carboxylic acids is 3. The number of aliphatic hydroxyl groups excluding tert-OH is 1. The standard InChI is InChI=1S/C50H67NO7/c1-42(2)32-12-9-31(35(42)25-32)28-51(40(54)50-24-21-46(7,41(55)58-50)43(50,3)4)29-48(56)20-17-38-45(48,6)19-16-37-44(5)18-15-33(52)26-47(44)22-23-49(37,38)36(27-47)39(53)30-10-13-34(57-8)14-11-30/h10-11,13-14,22-23,27,31-33,35,37-38,52,56H,9,12,15-21,24-26,28-29H2,1-8H3. The number of aliphatic hydroxyl groups is 2. The van der Waals surface area contributed by atoms with E-state index in [-0.39, 0.29) is 46.9 Å². The molecule has 13 unspecified atom stereocenters. The van der Waals surface area contributed by atoms with Gasteiger partial charge in [0.25, 0.3) is 5.91 Å². The number of hydrogen-bond acceptors (Lipinski definition) is 7. The van der Waals surface area contributed by atoms with Crippen LogP contribution < -0.4 is 4.74 Å². The van der Waals surface area contributed by atoms with Crippen LogP contribution in [-0.2, 0) is 14.3 Å². The monoisotopic (exact) mass is 793 g/mol. The second-order valence-corrected chi connectivity index (χ2v) is 22.9. The summed E-state index contributed by atoms with van der Waals surface area (Å²) in [6.45, 7) is 16.3. The smallest absolute Gasteiger partial charge is 0.313 e. The van der Waals surface area contributed by atoms with E-state index in [0.29, 0.717) is 55.4 Å². The quantitative estimate of drug-likeness (QED) is 0.154. The van der Waals surface area contributed by atoms with E-state index in [4.69, 9.17) is 9.47 Å². The predicted octanol–water partition coefficient (Wildman–Crippen LogP) is 8.49. The lowest BCUT2D eigenvalue weighted by atomic mass is 9.32. The summed E-state index contributed by atoms with van der Waals surface area (Å²) in [7, 11) is 1.63. The zero-order valence-corrected chi connectivity index (χ0v) is 36.3. The molecule has 1 aromatic rings. The van der Waals surface area contributed by atoms with E-state index in [1.165, 1.54) is 6.42 Å². The SMILES string of the molecule is COc1ccc(C(=O)C2=CC34C=CC25C(CCC2(C)C5CCC2(O)CN(CC2CCC5CC2C5(C)C)C(=O)C25CCC(C)(C(=O)O2)C5(C)C)C3(C)CCC(O)C4)cc1. The number of Topliss-reactive ketones (excluding diaryl/α,β-unsaturated/α-hetero) is 1. The molecule has 10 aliphatic carbocycles. The molecular weight excluding hydrogens is 727 g/mol. The Labute approximate surface area is 345 Å². The van der Waals surface area contributed by atoms with Crippen LogP contribution in [0.25, 0.3) is 0 Å². The molecule has 12 rings (SSSR count). The van der Waals surface area contributed by atoms with E-state index in [2.05, 4.69) is 45.9 Å². The molecule has 1 amide bonds. The normalized spacial score (nSPS) is 48.2. The van der Waals surface area contributed by atoms with Crippen LogP contribution in [0.3, 0.4) is 0 Å². The number of rotatable bonds is 8. The average molecular weight is 794 g/mol. The van der Waals surface area contributed by atoms with Gasteiger partial charge in [0.15, 0.2) is 11.4 Å². The first-order valence-electron chi connectivity index (χ1n) is 22.7. The van der Waals surface area contributed by atoms with Crippen molar-refractivity contribution in [2.24, 2.45) is 67.5 Å². The first-order valence-corrected chi connectivity index (χ1v) is 22.7. The second kappa shape index (κ2) is 11.9. The average Bonchev–Trinajstić information content (AvgIpc) is 3.64. The van der Waals surface area contributed by atoms with Gasteiger partial charge in [0.2, 0.25) is 0 Å². The molecule has 2 spiro atoms. The van der Waals surface area contributed by atoms with Crippen LogP contribution in [0.5, 0.6) is 5.75 Å². The van der Waals surface area contributed by atoms with Gasteiger partial charge in [0.1, 0.15) is 5.75 Å². The van der Waals surface area contributed by atoms with Crippen molar-refractivity contribution in [3.05, 3.63) is 53.6 Å². The first-order chi connectivity index (χ1) is 27.2. The third-order valence-corrected chi connectivity index (χ3v) is 20.9. The zero-order chi connectivity index (χ0) is 41.3. The van der Waals surface area contributed by atoms with Gasteiger partial charge in [-0.3, -0.25) is 14.4 Å². The third-order valence-electron chi connectivity index (χ3n) is 20.9. The van der Waals surface area contributed by atoms with Crippen LogP contribution in [-0.4, -0.2) is 70.3 Å². The molecule has 11 aliphatic rings. The van der Waals surface area contributed by atoms with Gasteiger partial charge in [-0.15, -0.1) is 0 Å². The Balaban J connectivity index is 1.05. The minimum absolute atomic E-state index is 0.0161. The van der Waals surface area contributed by atoms with E-state index in [0.717, 1.165) is 56.4 Å². The van der Waals surface area contributed by atoms with Crippen LogP contribution in [0.1, 0.15) is 136 Å². The van der Waals surface area contributed by atoms with Gasteiger partial charge in [0, 0.05) is 39.3 Å². The van der Waals surface area contributed by atoms with E-state index < -0.39 is 44.4 Å². The molecule has 6 bridgehead atoms. The summed E-state index contributed by atoms with van der Waals surface area (Å²) in [6, 6.07) is 7.43. The molecule has 314 valence electrons. The summed E-state index contributed by atoms with van der Waals surface area (Å²) in [5.74, 6) is 2.01. The molecule has 58 heavy (non-hydrogen) atoms. The summed E-state index contributed by atoms with van der Waals surface area (Å²) < 4.78 is 11.7. The molecular formula is C50H67NO7. The van der Waals surface area contributed by atoms with Crippen molar-refractivity contribution < 1.29 is 34.1 Å². The molecule has 1 heterocycles. The van der Waals surface area contributed by atoms with Gasteiger partial charge in [-0.05, 0) is 149 Å². The largest absolute Gasteiger partial charge is 0.497 e. The molecule has 7 saturated carbocycles. The van der Waals surface area contributed by atoms with Crippen molar-refractivity contribution in [3.8, 4) is 5.75 Å². The number of nitrogens with zero attached hydrogens (tertiary/aromatic N) is 1. The molecule has 8 nitrogen and oxygen atoms in total. The molecule has 1 saturated heterocycles. The zero-order valence-electron chi connectivity index (χ0n) is 36.3. The topological polar surface area (TPSA) is 113 Å². The number of carbonyl (C=O) groups is 3. The lowest BCUT2D eigenvalue weighted by molar-refractivity contribution is -0.190. The summed E-state index contributed by atoms with van der Waals surface area (Å²) in [5.41, 5.74) is -3.99. The molecule has 1 aromatic carbocycles. The highest BCUT2D eigenvalue weighted by atomic mass is 16.6. The number of hydrogen-bond donors (Lipinski definition) is 2. The lowest BCUT2D eigenvalue weighted by Crippen LogP contribution is -2.68. The van der Waals surface area contributed by atoms with Crippen molar-refractivity contribution >= 4 is 17.7 Å². The van der Waals surface area contributed by atoms with Crippen LogP contribution in [0.2, 0.25) is 0 Å². The molecule has 0 aromatic heterocycles. The van der Waals surface area contributed by atoms with Crippen molar-refractivity contribution in [2.75, 3.05) is 20.2 Å². The maximum absolute atomic E-state index is 15.5. The summed E-state index contributed by atoms with van der Waals surface area (Å²) in [5, 5.41) is 24.7. The van der Waals surface area contributed by atoms with Gasteiger partial charge < -0.3 is 24.6 Å². The van der Waals surface area contributed by atoms with Crippen LogP contribution >= 0.6 is 0 Å². The molecule has 8 fully saturated rings. The summed E-state index contributed by atoms with van der Waals surface area (Å²) >= 11 is 0. The number of ether oxygens (including phenoxy) is 2. The van der Waals surface area contributed by atoms with Gasteiger partial charge in [-0.25, -0.2) is 0 Å². The highest BCUT2D eigenvalue weighted by molar-refractivity contribution is 6.10. The Hall–Kier alpha value is -2.97. The van der Waals surface area contributed by atoms with Crippen molar-refractivity contribution in [1.82, 2.24) is 4.90 Å². The minimum atomic E-state index is -1.25. The molecule has 1 aliphatic heterocycles. The van der Waals surface area contributed by atoms with Gasteiger partial charge in [-0.2, -0.15) is 0 Å². The van der Waals surface area contributed by atoms with Gasteiger partial charge in [0.05, 0.1) is 30.8 Å². The number of fused-ring (bicyclic) bond motifs is 5.